The Bertz CT molecular complexity index is 116. The van der Waals surface area contributed by atoms with E-state index in [1.165, 1.54) is 0 Å². The van der Waals surface area contributed by atoms with Crippen LogP contribution in [0.15, 0.2) is 0 Å². The molecule has 3 heteroatoms. The maximum Gasteiger partial charge on any atom is 0.134 e. The molecular formula is C8H13F3. The SMILES string of the molecule is F[C@@H]1CCCC[C@@H](F)[C@H](F)C1. The standard InChI is InChI=1S/C8H13F3/c9-6-3-1-2-4-7(10)8(11)5-6/h6-8H,1-5H2/t6-,7-,8-/m1/s1. The molecule has 0 heterocycles. The third-order valence-electron chi connectivity index (χ3n) is 2.12. The van der Waals surface area contributed by atoms with Gasteiger partial charge in [-0.1, -0.05) is 12.8 Å². The van der Waals surface area contributed by atoms with Crippen LogP contribution in [-0.4, -0.2) is 18.5 Å². The maximum atomic E-state index is 12.7. The molecule has 0 saturated heterocycles. The van der Waals surface area contributed by atoms with Crippen LogP contribution in [0, 0.1) is 0 Å². The molecule has 0 aromatic heterocycles. The molecule has 0 amide bonds. The largest absolute Gasteiger partial charge is 0.247 e. The summed E-state index contributed by atoms with van der Waals surface area (Å²) in [6.07, 6.45) is -2.44. The zero-order valence-corrected chi connectivity index (χ0v) is 6.40. The summed E-state index contributed by atoms with van der Waals surface area (Å²) in [6, 6.07) is 0. The summed E-state index contributed by atoms with van der Waals surface area (Å²) in [7, 11) is 0. The first-order chi connectivity index (χ1) is 5.20. The van der Waals surface area contributed by atoms with E-state index in [4.69, 9.17) is 0 Å². The molecule has 0 aliphatic heterocycles. The Morgan fingerprint density at radius 1 is 0.818 bits per heavy atom. The Morgan fingerprint density at radius 2 is 1.45 bits per heavy atom. The van der Waals surface area contributed by atoms with E-state index in [1.54, 1.807) is 0 Å². The topological polar surface area (TPSA) is 0 Å². The molecule has 0 aromatic rings. The predicted molar refractivity (Wildman–Crippen MR) is 37.8 cm³/mol. The first kappa shape index (κ1) is 8.88. The van der Waals surface area contributed by atoms with Gasteiger partial charge in [0.05, 0.1) is 0 Å². The minimum atomic E-state index is -1.58. The third-order valence-corrected chi connectivity index (χ3v) is 2.12. The second kappa shape index (κ2) is 3.98. The van der Waals surface area contributed by atoms with Crippen molar-refractivity contribution in [1.29, 1.82) is 0 Å². The van der Waals surface area contributed by atoms with Crippen molar-refractivity contribution < 1.29 is 13.2 Å². The van der Waals surface area contributed by atoms with E-state index in [-0.39, 0.29) is 12.8 Å². The second-order valence-electron chi connectivity index (χ2n) is 3.15. The lowest BCUT2D eigenvalue weighted by molar-refractivity contribution is 0.101. The summed E-state index contributed by atoms with van der Waals surface area (Å²) in [5.41, 5.74) is 0. The second-order valence-corrected chi connectivity index (χ2v) is 3.15. The first-order valence-corrected chi connectivity index (χ1v) is 4.12. The number of alkyl halides is 3. The highest BCUT2D eigenvalue weighted by Gasteiger charge is 2.26. The Morgan fingerprint density at radius 3 is 2.18 bits per heavy atom. The highest BCUT2D eigenvalue weighted by molar-refractivity contribution is 4.75. The smallest absolute Gasteiger partial charge is 0.134 e. The average Bonchev–Trinajstić information content (AvgIpc) is 1.95. The zero-order valence-electron chi connectivity index (χ0n) is 6.40. The van der Waals surface area contributed by atoms with Gasteiger partial charge in [-0.3, -0.25) is 0 Å². The van der Waals surface area contributed by atoms with Gasteiger partial charge in [-0.15, -0.1) is 0 Å². The third kappa shape index (κ3) is 2.72. The molecule has 0 N–H and O–H groups in total. The molecule has 0 unspecified atom stereocenters. The molecule has 3 atom stereocenters. The fourth-order valence-electron chi connectivity index (χ4n) is 1.40. The van der Waals surface area contributed by atoms with Crippen molar-refractivity contribution in [1.82, 2.24) is 0 Å². The van der Waals surface area contributed by atoms with Crippen LogP contribution < -0.4 is 0 Å². The lowest BCUT2D eigenvalue weighted by Gasteiger charge is -2.19. The van der Waals surface area contributed by atoms with Gasteiger partial charge in [-0.05, 0) is 12.8 Å². The molecule has 66 valence electrons. The maximum absolute atomic E-state index is 12.7. The van der Waals surface area contributed by atoms with Crippen LogP contribution in [0.25, 0.3) is 0 Å². The van der Waals surface area contributed by atoms with E-state index in [1.807, 2.05) is 0 Å². The first-order valence-electron chi connectivity index (χ1n) is 4.12. The fraction of sp³-hybridized carbons (Fsp3) is 1.00. The van der Waals surface area contributed by atoms with E-state index in [0.29, 0.717) is 19.3 Å². The summed E-state index contributed by atoms with van der Waals surface area (Å²) in [5, 5.41) is 0. The van der Waals surface area contributed by atoms with Crippen molar-refractivity contribution in [3.8, 4) is 0 Å². The quantitative estimate of drug-likeness (QED) is 0.519. The van der Waals surface area contributed by atoms with Crippen LogP contribution in [0.4, 0.5) is 13.2 Å². The Hall–Kier alpha value is -0.210. The van der Waals surface area contributed by atoms with Gasteiger partial charge in [-0.25, -0.2) is 13.2 Å². The molecule has 0 bridgehead atoms. The molecule has 1 rings (SSSR count). The Balaban J connectivity index is 2.38. The number of hydrogen-bond acceptors (Lipinski definition) is 0. The van der Waals surface area contributed by atoms with Crippen molar-refractivity contribution in [3.63, 3.8) is 0 Å². The van der Waals surface area contributed by atoms with Crippen LogP contribution >= 0.6 is 0 Å². The van der Waals surface area contributed by atoms with Crippen molar-refractivity contribution in [2.45, 2.75) is 50.6 Å². The minimum Gasteiger partial charge on any atom is -0.247 e. The van der Waals surface area contributed by atoms with E-state index in [0.717, 1.165) is 0 Å². The summed E-state index contributed by atoms with van der Waals surface area (Å²) in [5.74, 6) is 0. The van der Waals surface area contributed by atoms with Crippen molar-refractivity contribution in [2.24, 2.45) is 0 Å². The van der Waals surface area contributed by atoms with E-state index in [2.05, 4.69) is 0 Å². The van der Waals surface area contributed by atoms with Gasteiger partial charge < -0.3 is 0 Å². The van der Waals surface area contributed by atoms with Crippen LogP contribution in [0.3, 0.4) is 0 Å². The number of rotatable bonds is 0. The number of halogens is 3. The van der Waals surface area contributed by atoms with Crippen LogP contribution in [0.5, 0.6) is 0 Å². The van der Waals surface area contributed by atoms with Gasteiger partial charge in [-0.2, -0.15) is 0 Å². The van der Waals surface area contributed by atoms with Crippen molar-refractivity contribution in [2.75, 3.05) is 0 Å². The minimum absolute atomic E-state index is 0.249. The highest BCUT2D eigenvalue weighted by Crippen LogP contribution is 2.24. The summed E-state index contributed by atoms with van der Waals surface area (Å²) in [6.45, 7) is 0. The average molecular weight is 166 g/mol. The summed E-state index contributed by atoms with van der Waals surface area (Å²) >= 11 is 0. The molecule has 1 saturated carbocycles. The lowest BCUT2D eigenvalue weighted by Crippen LogP contribution is -2.23. The van der Waals surface area contributed by atoms with Gasteiger partial charge in [0.1, 0.15) is 18.5 Å². The van der Waals surface area contributed by atoms with Crippen molar-refractivity contribution >= 4 is 0 Å². The summed E-state index contributed by atoms with van der Waals surface area (Å²) < 4.78 is 37.9. The molecule has 0 aromatic carbocycles. The monoisotopic (exact) mass is 166 g/mol. The molecule has 0 nitrogen and oxygen atoms in total. The van der Waals surface area contributed by atoms with E-state index in [9.17, 15) is 13.2 Å². The molecule has 0 radical (unpaired) electrons. The Labute approximate surface area is 64.8 Å². The van der Waals surface area contributed by atoms with E-state index >= 15 is 0 Å². The molecule has 1 fully saturated rings. The molecular weight excluding hydrogens is 153 g/mol. The van der Waals surface area contributed by atoms with Gasteiger partial charge >= 0.3 is 0 Å². The fourth-order valence-corrected chi connectivity index (χ4v) is 1.40. The van der Waals surface area contributed by atoms with Gasteiger partial charge in [0.2, 0.25) is 0 Å². The zero-order chi connectivity index (χ0) is 8.27. The molecule has 1 aliphatic carbocycles. The normalized spacial score (nSPS) is 41.2. The lowest BCUT2D eigenvalue weighted by atomic mass is 9.97. The van der Waals surface area contributed by atoms with Gasteiger partial charge in [0, 0.05) is 6.42 Å². The molecule has 11 heavy (non-hydrogen) atoms. The predicted octanol–water partition coefficient (Wildman–Crippen LogP) is 2.96. The molecule has 1 aliphatic rings. The van der Waals surface area contributed by atoms with Crippen LogP contribution in [-0.2, 0) is 0 Å². The van der Waals surface area contributed by atoms with Gasteiger partial charge in [0.25, 0.3) is 0 Å². The molecule has 0 spiro atoms. The Kier molecular flexibility index (Phi) is 3.21. The van der Waals surface area contributed by atoms with E-state index < -0.39 is 18.5 Å². The van der Waals surface area contributed by atoms with Crippen LogP contribution in [0.2, 0.25) is 0 Å². The van der Waals surface area contributed by atoms with Crippen LogP contribution in [0.1, 0.15) is 32.1 Å². The van der Waals surface area contributed by atoms with Crippen molar-refractivity contribution in [3.05, 3.63) is 0 Å². The van der Waals surface area contributed by atoms with Gasteiger partial charge in [0.15, 0.2) is 0 Å². The number of hydrogen-bond donors (Lipinski definition) is 0. The highest BCUT2D eigenvalue weighted by atomic mass is 19.2. The summed E-state index contributed by atoms with van der Waals surface area (Å²) in [4.78, 5) is 0.